The van der Waals surface area contributed by atoms with Gasteiger partial charge < -0.3 is 0 Å². The average molecular weight is 151 g/mol. The molecule has 0 nitrogen and oxygen atoms in total. The van der Waals surface area contributed by atoms with Crippen LogP contribution in [0.25, 0.3) is 0 Å². The molecule has 2 bridgehead atoms. The van der Waals surface area contributed by atoms with Gasteiger partial charge in [-0.15, -0.1) is 0 Å². The summed E-state index contributed by atoms with van der Waals surface area (Å²) in [6.45, 7) is 9.75. The Labute approximate surface area is 70.4 Å². The van der Waals surface area contributed by atoms with Gasteiger partial charge in [0.15, 0.2) is 0 Å². The fourth-order valence-electron chi connectivity index (χ4n) is 3.38. The zero-order valence-corrected chi connectivity index (χ0v) is 8.20. The van der Waals surface area contributed by atoms with E-state index in [0.29, 0.717) is 10.8 Å². The van der Waals surface area contributed by atoms with Gasteiger partial charge in [0.2, 0.25) is 0 Å². The molecule has 2 saturated carbocycles. The van der Waals surface area contributed by atoms with Gasteiger partial charge in [0.05, 0.1) is 19.3 Å². The topological polar surface area (TPSA) is 0 Å². The Morgan fingerprint density at radius 2 is 1.91 bits per heavy atom. The smallest absolute Gasteiger partial charge is 0.0572 e. The minimum absolute atomic E-state index is 0.606. The molecule has 0 aromatic heterocycles. The predicted molar refractivity (Wildman–Crippen MR) is 48.1 cm³/mol. The van der Waals surface area contributed by atoms with E-state index in [9.17, 15) is 0 Å². The lowest BCUT2D eigenvalue weighted by Crippen LogP contribution is -2.21. The molecule has 0 heteroatoms. The van der Waals surface area contributed by atoms with Crippen molar-refractivity contribution in [3.63, 3.8) is 0 Å². The molecule has 0 unspecified atom stereocenters. The van der Waals surface area contributed by atoms with E-state index in [1.807, 2.05) is 0 Å². The van der Waals surface area contributed by atoms with E-state index >= 15 is 0 Å². The van der Waals surface area contributed by atoms with Crippen LogP contribution in [0.3, 0.4) is 0 Å². The zero-order valence-electron chi connectivity index (χ0n) is 8.20. The first-order chi connectivity index (χ1) is 4.99. The molecule has 0 amide bonds. The van der Waals surface area contributed by atoms with Gasteiger partial charge >= 0.3 is 0 Å². The monoisotopic (exact) mass is 151 g/mol. The summed E-state index contributed by atoms with van der Waals surface area (Å²) in [6, 6.07) is 0. The van der Waals surface area contributed by atoms with Gasteiger partial charge in [0, 0.05) is 11.3 Å². The van der Waals surface area contributed by atoms with Gasteiger partial charge in [-0.1, -0.05) is 13.8 Å². The van der Waals surface area contributed by atoms with Crippen molar-refractivity contribution in [2.45, 2.75) is 47.0 Å². The number of fused-ring (bicyclic) bond motifs is 2. The molecule has 0 radical (unpaired) electrons. The van der Waals surface area contributed by atoms with Crippen LogP contribution in [-0.4, -0.2) is 0 Å². The second-order valence-corrected chi connectivity index (χ2v) is 5.25. The minimum Gasteiger partial charge on any atom is -0.0572 e. The van der Waals surface area contributed by atoms with Crippen LogP contribution in [0, 0.1) is 22.7 Å². The third-order valence-corrected chi connectivity index (χ3v) is 4.86. The molecule has 2 rings (SSSR count). The Hall–Kier alpha value is -0.130. The zero-order chi connectivity index (χ0) is 8.28. The summed E-state index contributed by atoms with van der Waals surface area (Å²) >= 11 is 0. The van der Waals surface area contributed by atoms with Crippen LogP contribution in [0.1, 0.15) is 47.0 Å². The normalized spacial score (nSPS) is 55.6. The molecular weight excluding hydrogens is 132 g/mol. The quantitative estimate of drug-likeness (QED) is 0.465. The predicted octanol–water partition coefficient (Wildman–Crippen LogP) is 3.43. The maximum atomic E-state index is 2.47. The third-order valence-electron chi connectivity index (χ3n) is 4.86. The van der Waals surface area contributed by atoms with E-state index in [2.05, 4.69) is 27.7 Å². The summed E-state index contributed by atoms with van der Waals surface area (Å²) < 4.78 is 0. The molecule has 0 saturated heterocycles. The summed E-state index contributed by atoms with van der Waals surface area (Å²) in [5.74, 6) is 2.69. The van der Waals surface area contributed by atoms with Crippen molar-refractivity contribution in [3.8, 4) is 0 Å². The highest BCUT2D eigenvalue weighted by Crippen LogP contribution is 2.68. The van der Waals surface area contributed by atoms with Crippen LogP contribution >= 0.6 is 0 Å². The summed E-state index contributed by atoms with van der Waals surface area (Å²) in [4.78, 5) is 0. The molecule has 2 aliphatic rings. The van der Waals surface area contributed by atoms with Crippen molar-refractivity contribution < 1.29 is 0 Å². The Bertz CT molecular complexity index is 184. The maximum absolute atomic E-state index is 2.47. The summed E-state index contributed by atoms with van der Waals surface area (Å²) in [5.41, 5.74) is 1.27. The summed E-state index contributed by atoms with van der Waals surface area (Å²) in [7, 11) is 0. The van der Waals surface area contributed by atoms with Crippen molar-refractivity contribution in [1.82, 2.24) is 0 Å². The van der Waals surface area contributed by atoms with Crippen molar-refractivity contribution in [2.75, 3.05) is 0 Å². The summed E-state index contributed by atoms with van der Waals surface area (Å²) in [5, 5.41) is 0. The van der Waals surface area contributed by atoms with E-state index in [1.54, 1.807) is 5.92 Å². The Morgan fingerprint density at radius 1 is 1.27 bits per heavy atom. The van der Waals surface area contributed by atoms with Crippen molar-refractivity contribution in [3.05, 3.63) is 5.92 Å². The molecule has 3 atom stereocenters. The molecule has 62 valence electrons. The first-order valence-corrected chi connectivity index (χ1v) is 4.82. The number of rotatable bonds is 0. The van der Waals surface area contributed by atoms with Gasteiger partial charge in [-0.25, -0.2) is 0 Å². The number of hydrogen-bond donors (Lipinski definition) is 0. The van der Waals surface area contributed by atoms with Crippen LogP contribution in [0.5, 0.6) is 0 Å². The van der Waals surface area contributed by atoms with Crippen LogP contribution in [0.4, 0.5) is 0 Å². The molecule has 0 aliphatic heterocycles. The maximum Gasteiger partial charge on any atom is 0.110 e. The standard InChI is InChI=1S/C11H19/c1-8-7-10(3)5-6-11(8,4)9(10)2/h9H,5-7H2,1-4H3/q+1/t9-,10-,11+/m0/s1. The van der Waals surface area contributed by atoms with Crippen LogP contribution in [0.2, 0.25) is 0 Å². The lowest BCUT2D eigenvalue weighted by atomic mass is 9.75. The second kappa shape index (κ2) is 1.78. The second-order valence-electron chi connectivity index (χ2n) is 5.25. The highest BCUT2D eigenvalue weighted by molar-refractivity contribution is 5.21. The SMILES string of the molecule is C[C+]1C[C@]2(C)CC[C@@]1(C)[C@H]2C. The van der Waals surface area contributed by atoms with Gasteiger partial charge in [-0.3, -0.25) is 0 Å². The van der Waals surface area contributed by atoms with Crippen molar-refractivity contribution in [1.29, 1.82) is 0 Å². The van der Waals surface area contributed by atoms with Crippen molar-refractivity contribution >= 4 is 0 Å². The van der Waals surface area contributed by atoms with E-state index < -0.39 is 0 Å². The fourth-order valence-corrected chi connectivity index (χ4v) is 3.38. The molecule has 0 aromatic carbocycles. The van der Waals surface area contributed by atoms with E-state index in [4.69, 9.17) is 0 Å². The highest BCUT2D eigenvalue weighted by atomic mass is 14.6. The molecule has 0 aromatic rings. The van der Waals surface area contributed by atoms with Gasteiger partial charge in [-0.2, -0.15) is 0 Å². The Balaban J connectivity index is 2.37. The molecule has 2 fully saturated rings. The van der Waals surface area contributed by atoms with E-state index in [-0.39, 0.29) is 0 Å². The van der Waals surface area contributed by atoms with Crippen LogP contribution in [-0.2, 0) is 0 Å². The first-order valence-electron chi connectivity index (χ1n) is 4.82. The molecule has 0 N–H and O–H groups in total. The van der Waals surface area contributed by atoms with Gasteiger partial charge in [0.25, 0.3) is 0 Å². The van der Waals surface area contributed by atoms with Crippen LogP contribution in [0.15, 0.2) is 0 Å². The Morgan fingerprint density at radius 3 is 2.09 bits per heavy atom. The van der Waals surface area contributed by atoms with Crippen molar-refractivity contribution in [2.24, 2.45) is 16.7 Å². The average Bonchev–Trinajstić information content (AvgIpc) is 2.23. The highest BCUT2D eigenvalue weighted by Gasteiger charge is 2.66. The third kappa shape index (κ3) is 0.685. The summed E-state index contributed by atoms with van der Waals surface area (Å²) in [6.07, 6.45) is 4.29. The van der Waals surface area contributed by atoms with E-state index in [1.165, 1.54) is 19.3 Å². The van der Waals surface area contributed by atoms with Gasteiger partial charge in [-0.05, 0) is 19.8 Å². The van der Waals surface area contributed by atoms with Crippen LogP contribution < -0.4 is 0 Å². The molecule has 2 aliphatic carbocycles. The fraction of sp³-hybridized carbons (Fsp3) is 0.909. The lowest BCUT2D eigenvalue weighted by molar-refractivity contribution is 0.243. The minimum atomic E-state index is 0.606. The van der Waals surface area contributed by atoms with E-state index in [0.717, 1.165) is 5.92 Å². The molecular formula is C11H19+. The lowest BCUT2D eigenvalue weighted by Gasteiger charge is -2.20. The largest absolute Gasteiger partial charge is 0.110 e. The van der Waals surface area contributed by atoms with Gasteiger partial charge in [0.1, 0.15) is 5.41 Å². The molecule has 0 spiro atoms. The molecule has 0 heterocycles. The molecule has 11 heavy (non-hydrogen) atoms. The first kappa shape index (κ1) is 7.52. The Kier molecular flexibility index (Phi) is 1.22. The number of hydrogen-bond acceptors (Lipinski definition) is 0.